The normalized spacial score (nSPS) is 46.8. The molecular weight excluding hydrogens is 204 g/mol. The van der Waals surface area contributed by atoms with Crippen LogP contribution in [0.3, 0.4) is 0 Å². The Morgan fingerprint density at radius 1 is 0.867 bits per heavy atom. The van der Waals surface area contributed by atoms with Crippen LogP contribution >= 0.6 is 0 Å². The summed E-state index contributed by atoms with van der Waals surface area (Å²) in [5.74, 6) is 0. The van der Waals surface area contributed by atoms with Gasteiger partial charge in [-0.2, -0.15) is 0 Å². The van der Waals surface area contributed by atoms with E-state index in [1.807, 2.05) is 0 Å². The Morgan fingerprint density at radius 3 is 1.73 bits per heavy atom. The van der Waals surface area contributed by atoms with Gasteiger partial charge in [0.15, 0.2) is 0 Å². The lowest BCUT2D eigenvalue weighted by atomic mass is 9.84. The van der Waals surface area contributed by atoms with Gasteiger partial charge in [0, 0.05) is 13.7 Å². The Balaban J connectivity index is 2.82. The minimum Gasteiger partial charge on any atom is -0.387 e. The SMILES string of the molecule is CCO[C@@H]1[C@@H](O)[C@@H](O)[C@H](O)[C@H](O)[C@H]1OC. The fraction of sp³-hybridized carbons (Fsp3) is 1.00. The smallest absolute Gasteiger partial charge is 0.115 e. The van der Waals surface area contributed by atoms with Gasteiger partial charge in [0.25, 0.3) is 0 Å². The van der Waals surface area contributed by atoms with Gasteiger partial charge < -0.3 is 29.9 Å². The Kier molecular flexibility index (Phi) is 4.45. The summed E-state index contributed by atoms with van der Waals surface area (Å²) >= 11 is 0. The standard InChI is InChI=1S/C9H18O6/c1-3-15-9-7(13)5(11)4(10)6(12)8(9)14-2/h4-13H,3H2,1-2H3/t4-,5-,6-,7-,8+,9+/m0/s1. The van der Waals surface area contributed by atoms with Crippen molar-refractivity contribution in [3.63, 3.8) is 0 Å². The molecule has 1 fully saturated rings. The molecule has 0 aromatic rings. The molecule has 1 aliphatic carbocycles. The maximum Gasteiger partial charge on any atom is 0.115 e. The van der Waals surface area contributed by atoms with E-state index in [1.165, 1.54) is 7.11 Å². The van der Waals surface area contributed by atoms with Crippen LogP contribution in [-0.2, 0) is 9.47 Å². The topological polar surface area (TPSA) is 99.4 Å². The third-order valence-electron chi connectivity index (χ3n) is 2.68. The summed E-state index contributed by atoms with van der Waals surface area (Å²) in [5, 5.41) is 38.1. The van der Waals surface area contributed by atoms with Crippen molar-refractivity contribution < 1.29 is 29.9 Å². The van der Waals surface area contributed by atoms with Crippen LogP contribution in [0.15, 0.2) is 0 Å². The van der Waals surface area contributed by atoms with E-state index in [4.69, 9.17) is 9.47 Å². The Bertz CT molecular complexity index is 199. The van der Waals surface area contributed by atoms with Gasteiger partial charge in [0.05, 0.1) is 0 Å². The molecule has 15 heavy (non-hydrogen) atoms. The zero-order valence-corrected chi connectivity index (χ0v) is 8.78. The number of ether oxygens (including phenoxy) is 2. The summed E-state index contributed by atoms with van der Waals surface area (Å²) in [6.07, 6.45) is -7.09. The van der Waals surface area contributed by atoms with Gasteiger partial charge in [0.1, 0.15) is 36.6 Å². The van der Waals surface area contributed by atoms with Gasteiger partial charge in [0.2, 0.25) is 0 Å². The molecular formula is C9H18O6. The first-order valence-electron chi connectivity index (χ1n) is 4.91. The molecule has 0 radical (unpaired) electrons. The zero-order valence-electron chi connectivity index (χ0n) is 8.78. The van der Waals surface area contributed by atoms with E-state index in [2.05, 4.69) is 0 Å². The molecule has 6 nitrogen and oxygen atoms in total. The Hall–Kier alpha value is -0.240. The zero-order chi connectivity index (χ0) is 11.6. The lowest BCUT2D eigenvalue weighted by molar-refractivity contribution is -0.240. The van der Waals surface area contributed by atoms with Gasteiger partial charge in [-0.05, 0) is 6.92 Å². The molecule has 0 bridgehead atoms. The van der Waals surface area contributed by atoms with Gasteiger partial charge in [-0.3, -0.25) is 0 Å². The lowest BCUT2D eigenvalue weighted by Gasteiger charge is -2.42. The molecule has 0 unspecified atom stereocenters. The number of aliphatic hydroxyl groups is 4. The summed E-state index contributed by atoms with van der Waals surface area (Å²) in [6, 6.07) is 0. The molecule has 6 heteroatoms. The Morgan fingerprint density at radius 2 is 1.33 bits per heavy atom. The van der Waals surface area contributed by atoms with Crippen LogP contribution in [0.2, 0.25) is 0 Å². The monoisotopic (exact) mass is 222 g/mol. The van der Waals surface area contributed by atoms with Gasteiger partial charge >= 0.3 is 0 Å². The maximum absolute atomic E-state index is 9.63. The second-order valence-electron chi connectivity index (χ2n) is 3.58. The molecule has 4 N–H and O–H groups in total. The van der Waals surface area contributed by atoms with Crippen LogP contribution in [-0.4, -0.2) is 70.8 Å². The Labute approximate surface area is 88.1 Å². The number of hydrogen-bond acceptors (Lipinski definition) is 6. The van der Waals surface area contributed by atoms with Crippen molar-refractivity contribution in [2.75, 3.05) is 13.7 Å². The minimum absolute atomic E-state index is 0.317. The molecule has 0 saturated heterocycles. The molecule has 1 aliphatic rings. The third kappa shape index (κ3) is 2.30. The predicted molar refractivity (Wildman–Crippen MR) is 50.2 cm³/mol. The van der Waals surface area contributed by atoms with E-state index >= 15 is 0 Å². The first-order valence-corrected chi connectivity index (χ1v) is 4.91. The summed E-state index contributed by atoms with van der Waals surface area (Å²) in [7, 11) is 1.34. The molecule has 0 amide bonds. The fourth-order valence-corrected chi connectivity index (χ4v) is 1.84. The van der Waals surface area contributed by atoms with Crippen molar-refractivity contribution in [3.8, 4) is 0 Å². The first kappa shape index (κ1) is 12.8. The van der Waals surface area contributed by atoms with E-state index < -0.39 is 36.6 Å². The molecule has 0 heterocycles. The van der Waals surface area contributed by atoms with Gasteiger partial charge in [-0.1, -0.05) is 0 Å². The number of aliphatic hydroxyl groups excluding tert-OH is 4. The van der Waals surface area contributed by atoms with Crippen LogP contribution in [0.4, 0.5) is 0 Å². The predicted octanol–water partition coefficient (Wildman–Crippen LogP) is -2.14. The highest BCUT2D eigenvalue weighted by Crippen LogP contribution is 2.25. The van der Waals surface area contributed by atoms with Gasteiger partial charge in [-0.25, -0.2) is 0 Å². The van der Waals surface area contributed by atoms with Crippen molar-refractivity contribution in [2.24, 2.45) is 0 Å². The summed E-state index contributed by atoms with van der Waals surface area (Å²) < 4.78 is 10.1. The largest absolute Gasteiger partial charge is 0.387 e. The molecule has 1 saturated carbocycles. The summed E-state index contributed by atoms with van der Waals surface area (Å²) in [4.78, 5) is 0. The van der Waals surface area contributed by atoms with Crippen molar-refractivity contribution >= 4 is 0 Å². The number of methoxy groups -OCH3 is 1. The highest BCUT2D eigenvalue weighted by Gasteiger charge is 2.49. The molecule has 0 aromatic carbocycles. The van der Waals surface area contributed by atoms with Crippen LogP contribution < -0.4 is 0 Å². The lowest BCUT2D eigenvalue weighted by Crippen LogP contribution is -2.64. The first-order chi connectivity index (χ1) is 7.04. The van der Waals surface area contributed by atoms with Crippen molar-refractivity contribution in [3.05, 3.63) is 0 Å². The van der Waals surface area contributed by atoms with Crippen molar-refractivity contribution in [1.29, 1.82) is 0 Å². The maximum atomic E-state index is 9.63. The van der Waals surface area contributed by atoms with Crippen LogP contribution in [0.5, 0.6) is 0 Å². The summed E-state index contributed by atoms with van der Waals surface area (Å²) in [5.41, 5.74) is 0. The molecule has 0 aromatic heterocycles. The van der Waals surface area contributed by atoms with E-state index in [1.54, 1.807) is 6.92 Å². The third-order valence-corrected chi connectivity index (χ3v) is 2.68. The molecule has 0 spiro atoms. The van der Waals surface area contributed by atoms with Crippen molar-refractivity contribution in [1.82, 2.24) is 0 Å². The van der Waals surface area contributed by atoms with Gasteiger partial charge in [-0.15, -0.1) is 0 Å². The quantitative estimate of drug-likeness (QED) is 0.435. The van der Waals surface area contributed by atoms with E-state index in [9.17, 15) is 20.4 Å². The second-order valence-corrected chi connectivity index (χ2v) is 3.58. The van der Waals surface area contributed by atoms with Crippen molar-refractivity contribution in [2.45, 2.75) is 43.5 Å². The highest BCUT2D eigenvalue weighted by atomic mass is 16.6. The molecule has 0 aliphatic heterocycles. The molecule has 1 rings (SSSR count). The van der Waals surface area contributed by atoms with E-state index in [-0.39, 0.29) is 0 Å². The number of rotatable bonds is 3. The van der Waals surface area contributed by atoms with E-state index in [0.29, 0.717) is 6.61 Å². The van der Waals surface area contributed by atoms with Crippen LogP contribution in [0.1, 0.15) is 6.92 Å². The van der Waals surface area contributed by atoms with Crippen LogP contribution in [0.25, 0.3) is 0 Å². The fourth-order valence-electron chi connectivity index (χ4n) is 1.84. The second kappa shape index (κ2) is 5.20. The van der Waals surface area contributed by atoms with E-state index in [0.717, 1.165) is 0 Å². The molecule has 90 valence electrons. The number of hydrogen-bond donors (Lipinski definition) is 4. The highest BCUT2D eigenvalue weighted by molar-refractivity contribution is 5.00. The minimum atomic E-state index is -1.43. The molecule has 6 atom stereocenters. The summed E-state index contributed by atoms with van der Waals surface area (Å²) in [6.45, 7) is 2.04. The van der Waals surface area contributed by atoms with Crippen LogP contribution in [0, 0.1) is 0 Å². The average molecular weight is 222 g/mol. The average Bonchev–Trinajstić information content (AvgIpc) is 2.24.